The zero-order valence-electron chi connectivity index (χ0n) is 28.2. The van der Waals surface area contributed by atoms with Crippen LogP contribution in [0.5, 0.6) is 11.5 Å². The first-order chi connectivity index (χ1) is 23.7. The van der Waals surface area contributed by atoms with Crippen molar-refractivity contribution in [3.63, 3.8) is 0 Å². The summed E-state index contributed by atoms with van der Waals surface area (Å²) in [5, 5.41) is 7.77. The van der Waals surface area contributed by atoms with Gasteiger partial charge in [-0.15, -0.1) is 0 Å². The maximum atomic E-state index is 13.7. The number of pyridine rings is 2. The van der Waals surface area contributed by atoms with E-state index < -0.39 is 5.41 Å². The van der Waals surface area contributed by atoms with Crippen LogP contribution in [0.15, 0.2) is 109 Å². The van der Waals surface area contributed by atoms with E-state index in [9.17, 15) is 9.59 Å². The van der Waals surface area contributed by atoms with E-state index in [-0.39, 0.29) is 11.8 Å². The predicted octanol–water partition coefficient (Wildman–Crippen LogP) is 8.10. The summed E-state index contributed by atoms with van der Waals surface area (Å²) in [6.45, 7) is 9.78. The van der Waals surface area contributed by atoms with Crippen LogP contribution < -0.4 is 20.1 Å². The third kappa shape index (κ3) is 7.70. The molecule has 0 saturated carbocycles. The number of hydrogen-bond donors (Lipinski definition) is 2. The molecule has 2 heterocycles. The van der Waals surface area contributed by atoms with Crippen LogP contribution in [0.1, 0.15) is 48.4 Å². The second-order valence-electron chi connectivity index (χ2n) is 12.6. The number of nitrogens with one attached hydrogen (secondary N) is 2. The quantitative estimate of drug-likeness (QED) is 0.139. The lowest BCUT2D eigenvalue weighted by Gasteiger charge is -2.26. The molecule has 0 radical (unpaired) electrons. The fraction of sp³-hybridized carbons (Fsp3) is 0.220. The largest absolute Gasteiger partial charge is 0.494 e. The Bertz CT molecular complexity index is 1960. The number of carbonyl (C=O) groups excluding carboxylic acids is 2. The van der Waals surface area contributed by atoms with Gasteiger partial charge in [-0.3, -0.25) is 9.59 Å². The molecule has 0 aliphatic carbocycles. The van der Waals surface area contributed by atoms with Gasteiger partial charge in [-0.1, -0.05) is 50.2 Å². The van der Waals surface area contributed by atoms with Gasteiger partial charge in [0.15, 0.2) is 0 Å². The molecule has 49 heavy (non-hydrogen) atoms. The summed E-state index contributed by atoms with van der Waals surface area (Å²) in [5.74, 6) is 1.16. The number of fused-ring (bicyclic) bond motifs is 2. The molecule has 0 unspecified atom stereocenters. The first-order valence-electron chi connectivity index (χ1n) is 16.6. The Kier molecular flexibility index (Phi) is 9.85. The van der Waals surface area contributed by atoms with Crippen LogP contribution in [0.4, 0.5) is 0 Å². The average Bonchev–Trinajstić information content (AvgIpc) is 3.13. The third-order valence-electron chi connectivity index (χ3n) is 8.30. The SMILES string of the molecule is CCOc1ccc(-c2cc(C(=O)NCC(C)(C)CNC(=O)c3cc(-c4ccc(OCC)cc4)nc4ccccc34)c3ccccc3n2)cc1. The molecule has 0 atom stereocenters. The first-order valence-corrected chi connectivity index (χ1v) is 16.6. The summed E-state index contributed by atoms with van der Waals surface area (Å²) in [6.07, 6.45) is 0. The van der Waals surface area contributed by atoms with Crippen molar-refractivity contribution in [1.82, 2.24) is 20.6 Å². The molecule has 8 nitrogen and oxygen atoms in total. The summed E-state index contributed by atoms with van der Waals surface area (Å²) in [6, 6.07) is 34.3. The van der Waals surface area contributed by atoms with Crippen molar-refractivity contribution in [2.24, 2.45) is 5.41 Å². The molecule has 2 amide bonds. The van der Waals surface area contributed by atoms with E-state index in [1.165, 1.54) is 0 Å². The maximum Gasteiger partial charge on any atom is 0.252 e. The zero-order valence-corrected chi connectivity index (χ0v) is 28.2. The minimum absolute atomic E-state index is 0.203. The number of rotatable bonds is 12. The summed E-state index contributed by atoms with van der Waals surface area (Å²) >= 11 is 0. The molecule has 2 N–H and O–H groups in total. The number of benzene rings is 4. The van der Waals surface area contributed by atoms with Crippen LogP contribution in [-0.2, 0) is 0 Å². The lowest BCUT2D eigenvalue weighted by Crippen LogP contribution is -2.42. The first kappa shape index (κ1) is 33.2. The second kappa shape index (κ2) is 14.6. The minimum atomic E-state index is -0.452. The van der Waals surface area contributed by atoms with Crippen LogP contribution in [0.3, 0.4) is 0 Å². The number of amides is 2. The molecule has 4 aromatic carbocycles. The number of hydrogen-bond acceptors (Lipinski definition) is 6. The van der Waals surface area contributed by atoms with E-state index in [0.29, 0.717) is 48.8 Å². The van der Waals surface area contributed by atoms with Gasteiger partial charge < -0.3 is 20.1 Å². The minimum Gasteiger partial charge on any atom is -0.494 e. The zero-order chi connectivity index (χ0) is 34.4. The van der Waals surface area contributed by atoms with Crippen molar-refractivity contribution in [2.75, 3.05) is 26.3 Å². The van der Waals surface area contributed by atoms with Crippen LogP contribution >= 0.6 is 0 Å². The third-order valence-corrected chi connectivity index (χ3v) is 8.30. The van der Waals surface area contributed by atoms with Gasteiger partial charge in [-0.2, -0.15) is 0 Å². The Morgan fingerprint density at radius 2 is 0.980 bits per heavy atom. The number of aromatic nitrogens is 2. The van der Waals surface area contributed by atoms with Crippen LogP contribution in [-0.4, -0.2) is 48.1 Å². The van der Waals surface area contributed by atoms with Gasteiger partial charge in [-0.25, -0.2) is 9.97 Å². The molecule has 248 valence electrons. The van der Waals surface area contributed by atoms with E-state index >= 15 is 0 Å². The normalized spacial score (nSPS) is 11.3. The molecule has 0 saturated heterocycles. The Balaban J connectivity index is 1.17. The van der Waals surface area contributed by atoms with Gasteiger partial charge in [0.2, 0.25) is 0 Å². The van der Waals surface area contributed by atoms with Gasteiger partial charge in [0.1, 0.15) is 11.5 Å². The van der Waals surface area contributed by atoms with Gasteiger partial charge in [-0.05, 0) is 92.1 Å². The van der Waals surface area contributed by atoms with E-state index in [0.717, 1.165) is 44.4 Å². The smallest absolute Gasteiger partial charge is 0.252 e. The Morgan fingerprint density at radius 3 is 1.37 bits per heavy atom. The number of para-hydroxylation sites is 2. The molecule has 0 aliphatic rings. The van der Waals surface area contributed by atoms with Crippen molar-refractivity contribution in [1.29, 1.82) is 0 Å². The number of carbonyl (C=O) groups is 2. The van der Waals surface area contributed by atoms with Gasteiger partial charge in [0, 0.05) is 35.0 Å². The molecular weight excluding hydrogens is 612 g/mol. The van der Waals surface area contributed by atoms with E-state index in [1.54, 1.807) is 0 Å². The summed E-state index contributed by atoms with van der Waals surface area (Å²) in [7, 11) is 0. The fourth-order valence-corrected chi connectivity index (χ4v) is 5.69. The van der Waals surface area contributed by atoms with E-state index in [1.807, 2.05) is 137 Å². The molecule has 0 fully saturated rings. The molecule has 2 aromatic heterocycles. The Labute approximate surface area is 286 Å². The second-order valence-corrected chi connectivity index (χ2v) is 12.6. The lowest BCUT2D eigenvalue weighted by molar-refractivity contribution is 0.0921. The standard InChI is InChI=1S/C41H40N4O4/c1-5-48-29-19-15-27(16-20-29)37-23-33(31-11-7-9-13-35(31)44-37)39(46)42-25-41(3,4)26-43-40(47)34-24-38(45-36-14-10-8-12-32(34)36)28-17-21-30(22-18-28)49-6-2/h7-24H,5-6,25-26H2,1-4H3,(H,42,46)(H,43,47). The highest BCUT2D eigenvalue weighted by atomic mass is 16.5. The fourth-order valence-electron chi connectivity index (χ4n) is 5.69. The number of ether oxygens (including phenoxy) is 2. The highest BCUT2D eigenvalue weighted by molar-refractivity contribution is 6.08. The van der Waals surface area contributed by atoms with E-state index in [4.69, 9.17) is 19.4 Å². The van der Waals surface area contributed by atoms with Crippen LogP contribution in [0.2, 0.25) is 0 Å². The maximum absolute atomic E-state index is 13.7. The highest BCUT2D eigenvalue weighted by Gasteiger charge is 2.23. The van der Waals surface area contributed by atoms with Crippen molar-refractivity contribution in [3.05, 3.63) is 120 Å². The topological polar surface area (TPSA) is 102 Å². The lowest BCUT2D eigenvalue weighted by atomic mass is 9.92. The Morgan fingerprint density at radius 1 is 0.592 bits per heavy atom. The summed E-state index contributed by atoms with van der Waals surface area (Å²) in [4.78, 5) is 37.1. The van der Waals surface area contributed by atoms with Crippen LogP contribution in [0, 0.1) is 5.41 Å². The van der Waals surface area contributed by atoms with E-state index in [2.05, 4.69) is 10.6 Å². The van der Waals surface area contributed by atoms with Gasteiger partial charge in [0.25, 0.3) is 11.8 Å². The molecule has 0 bridgehead atoms. The van der Waals surface area contributed by atoms with Crippen molar-refractivity contribution < 1.29 is 19.1 Å². The van der Waals surface area contributed by atoms with Crippen molar-refractivity contribution >= 4 is 33.6 Å². The highest BCUT2D eigenvalue weighted by Crippen LogP contribution is 2.28. The summed E-state index contributed by atoms with van der Waals surface area (Å²) < 4.78 is 11.2. The molecule has 6 rings (SSSR count). The monoisotopic (exact) mass is 652 g/mol. The molecule has 8 heteroatoms. The Hall–Kier alpha value is -5.76. The predicted molar refractivity (Wildman–Crippen MR) is 195 cm³/mol. The summed E-state index contributed by atoms with van der Waals surface area (Å²) in [5.41, 5.74) is 5.28. The van der Waals surface area contributed by atoms with Crippen molar-refractivity contribution in [3.8, 4) is 34.0 Å². The van der Waals surface area contributed by atoms with Crippen LogP contribution in [0.25, 0.3) is 44.3 Å². The van der Waals surface area contributed by atoms with Gasteiger partial charge in [0.05, 0.1) is 46.8 Å². The molecule has 6 aromatic rings. The van der Waals surface area contributed by atoms with Gasteiger partial charge >= 0.3 is 0 Å². The number of nitrogens with zero attached hydrogens (tertiary/aromatic N) is 2. The molecule has 0 aliphatic heterocycles. The van der Waals surface area contributed by atoms with Crippen molar-refractivity contribution in [2.45, 2.75) is 27.7 Å². The average molecular weight is 653 g/mol. The molecular formula is C41H40N4O4. The molecule has 0 spiro atoms.